The summed E-state index contributed by atoms with van der Waals surface area (Å²) in [5, 5.41) is 6.53. The van der Waals surface area contributed by atoms with Gasteiger partial charge in [0.25, 0.3) is 0 Å². The molecule has 2 N–H and O–H groups in total. The van der Waals surface area contributed by atoms with Gasteiger partial charge in [0.15, 0.2) is 0 Å². The highest BCUT2D eigenvalue weighted by Gasteiger charge is 2.13. The Morgan fingerprint density at radius 3 is 2.55 bits per heavy atom. The number of carbonyl (C=O) groups excluding carboxylic acids is 1. The molecule has 0 unspecified atom stereocenters. The maximum atomic E-state index is 12.0. The zero-order chi connectivity index (χ0) is 20.7. The molecule has 5 heteroatoms. The third-order valence-electron chi connectivity index (χ3n) is 4.37. The number of amides is 2. The van der Waals surface area contributed by atoms with Crippen LogP contribution in [-0.4, -0.2) is 24.2 Å². The summed E-state index contributed by atoms with van der Waals surface area (Å²) in [7, 11) is 0. The molecule has 29 heavy (non-hydrogen) atoms. The lowest BCUT2D eigenvalue weighted by Crippen LogP contribution is -2.29. The Balaban J connectivity index is 1.43. The van der Waals surface area contributed by atoms with Crippen LogP contribution in [0.25, 0.3) is 10.9 Å². The zero-order valence-electron chi connectivity index (χ0n) is 17.0. The Hall–Kier alpha value is -3.52. The van der Waals surface area contributed by atoms with Crippen LogP contribution in [-0.2, 0) is 5.41 Å². The van der Waals surface area contributed by atoms with Crippen molar-refractivity contribution in [3.63, 3.8) is 0 Å². The van der Waals surface area contributed by atoms with Gasteiger partial charge < -0.3 is 15.4 Å². The molecule has 0 spiro atoms. The number of urea groups is 1. The molecule has 3 aromatic rings. The lowest BCUT2D eigenvalue weighted by molar-refractivity contribution is 0.253. The van der Waals surface area contributed by atoms with Gasteiger partial charge >= 0.3 is 6.03 Å². The fourth-order valence-electron chi connectivity index (χ4n) is 2.77. The van der Waals surface area contributed by atoms with Gasteiger partial charge in [-0.25, -0.2) is 4.79 Å². The number of carbonyl (C=O) groups is 1. The minimum absolute atomic E-state index is 0.0839. The fourth-order valence-corrected chi connectivity index (χ4v) is 2.77. The van der Waals surface area contributed by atoms with E-state index in [4.69, 9.17) is 4.74 Å². The van der Waals surface area contributed by atoms with Crippen LogP contribution in [0.1, 0.15) is 26.3 Å². The number of pyridine rings is 1. The number of nitrogens with one attached hydrogen (secondary N) is 2. The quantitative estimate of drug-likeness (QED) is 0.636. The number of benzene rings is 2. The van der Waals surface area contributed by atoms with E-state index in [0.29, 0.717) is 5.75 Å². The Labute approximate surface area is 171 Å². The largest absolute Gasteiger partial charge is 0.479 e. The summed E-state index contributed by atoms with van der Waals surface area (Å²) in [6, 6.07) is 17.2. The second-order valence-electron chi connectivity index (χ2n) is 7.61. The summed E-state index contributed by atoms with van der Waals surface area (Å²) in [4.78, 5) is 16.3. The lowest BCUT2D eigenvalue weighted by atomic mass is 9.87. The van der Waals surface area contributed by atoms with Crippen molar-refractivity contribution >= 4 is 22.6 Å². The second kappa shape index (κ2) is 9.11. The maximum Gasteiger partial charge on any atom is 0.319 e. The molecule has 0 bridgehead atoms. The highest BCUT2D eigenvalue weighted by Crippen LogP contribution is 2.24. The zero-order valence-corrected chi connectivity index (χ0v) is 17.0. The van der Waals surface area contributed by atoms with Gasteiger partial charge in [-0.15, -0.1) is 0 Å². The van der Waals surface area contributed by atoms with Crippen LogP contribution in [0, 0.1) is 11.8 Å². The number of anilines is 1. The predicted molar refractivity (Wildman–Crippen MR) is 117 cm³/mol. The van der Waals surface area contributed by atoms with Gasteiger partial charge in [0, 0.05) is 17.3 Å². The maximum absolute atomic E-state index is 12.0. The lowest BCUT2D eigenvalue weighted by Gasteiger charge is -2.19. The first-order valence-electron chi connectivity index (χ1n) is 9.51. The van der Waals surface area contributed by atoms with Crippen molar-refractivity contribution in [3.05, 3.63) is 66.4 Å². The van der Waals surface area contributed by atoms with Crippen LogP contribution in [0.5, 0.6) is 5.75 Å². The normalized spacial score (nSPS) is 10.7. The number of para-hydroxylation sites is 1. The van der Waals surface area contributed by atoms with Crippen molar-refractivity contribution < 1.29 is 9.53 Å². The number of nitrogens with zero attached hydrogens (tertiary/aromatic N) is 1. The molecule has 1 heterocycles. The first-order chi connectivity index (χ1) is 13.9. The van der Waals surface area contributed by atoms with Crippen LogP contribution in [0.4, 0.5) is 10.5 Å². The monoisotopic (exact) mass is 387 g/mol. The Morgan fingerprint density at radius 2 is 1.79 bits per heavy atom. The van der Waals surface area contributed by atoms with Crippen molar-refractivity contribution in [2.75, 3.05) is 18.5 Å². The van der Waals surface area contributed by atoms with E-state index in [-0.39, 0.29) is 24.6 Å². The van der Waals surface area contributed by atoms with Crippen molar-refractivity contribution in [2.45, 2.75) is 26.2 Å². The van der Waals surface area contributed by atoms with Crippen LogP contribution in [0.2, 0.25) is 0 Å². The third kappa shape index (κ3) is 5.73. The van der Waals surface area contributed by atoms with Gasteiger partial charge in [0.2, 0.25) is 0 Å². The van der Waals surface area contributed by atoms with E-state index in [1.165, 1.54) is 5.56 Å². The highest BCUT2D eigenvalue weighted by molar-refractivity contribution is 5.89. The molecule has 0 aliphatic heterocycles. The molecule has 1 aromatic heterocycles. The van der Waals surface area contributed by atoms with Gasteiger partial charge in [-0.2, -0.15) is 0 Å². The van der Waals surface area contributed by atoms with E-state index >= 15 is 0 Å². The highest BCUT2D eigenvalue weighted by atomic mass is 16.5. The first kappa shape index (κ1) is 20.2. The van der Waals surface area contributed by atoms with Gasteiger partial charge in [-0.1, -0.05) is 62.9 Å². The van der Waals surface area contributed by atoms with Crippen molar-refractivity contribution in [2.24, 2.45) is 0 Å². The van der Waals surface area contributed by atoms with E-state index in [2.05, 4.69) is 48.2 Å². The summed E-state index contributed by atoms with van der Waals surface area (Å²) < 4.78 is 5.70. The minimum Gasteiger partial charge on any atom is -0.479 e. The summed E-state index contributed by atoms with van der Waals surface area (Å²) in [6.07, 6.45) is 1.74. The number of fused-ring (bicyclic) bond motifs is 1. The molecule has 2 amide bonds. The molecule has 0 fully saturated rings. The molecule has 0 aliphatic rings. The summed E-state index contributed by atoms with van der Waals surface area (Å²) in [5.41, 5.74) is 2.86. The van der Waals surface area contributed by atoms with Gasteiger partial charge in [0.05, 0.1) is 6.54 Å². The molecule has 3 rings (SSSR count). The molecule has 2 aromatic carbocycles. The number of rotatable bonds is 4. The van der Waals surface area contributed by atoms with Gasteiger partial charge in [0.1, 0.15) is 17.9 Å². The van der Waals surface area contributed by atoms with Crippen molar-refractivity contribution in [3.8, 4) is 17.6 Å². The Morgan fingerprint density at radius 1 is 1.03 bits per heavy atom. The average Bonchev–Trinajstić information content (AvgIpc) is 2.70. The fraction of sp³-hybridized carbons (Fsp3) is 0.250. The number of hydrogen-bond acceptors (Lipinski definition) is 3. The molecule has 0 atom stereocenters. The smallest absolute Gasteiger partial charge is 0.319 e. The second-order valence-corrected chi connectivity index (χ2v) is 7.61. The Kier molecular flexibility index (Phi) is 6.36. The number of aromatic nitrogens is 1. The summed E-state index contributed by atoms with van der Waals surface area (Å²) >= 11 is 0. The molecule has 0 saturated carbocycles. The molecular formula is C24H25N3O2. The number of ether oxygens (including phenoxy) is 1. The molecule has 0 aliphatic carbocycles. The average molecular weight is 387 g/mol. The molecule has 0 saturated heterocycles. The van der Waals surface area contributed by atoms with E-state index in [0.717, 1.165) is 16.6 Å². The first-order valence-corrected chi connectivity index (χ1v) is 9.51. The van der Waals surface area contributed by atoms with Crippen molar-refractivity contribution in [1.82, 2.24) is 10.3 Å². The topological polar surface area (TPSA) is 63.2 Å². The van der Waals surface area contributed by atoms with E-state index in [1.54, 1.807) is 6.20 Å². The molecule has 5 nitrogen and oxygen atoms in total. The number of hydrogen-bond donors (Lipinski definition) is 2. The summed E-state index contributed by atoms with van der Waals surface area (Å²) in [6.45, 7) is 6.93. The van der Waals surface area contributed by atoms with E-state index in [9.17, 15) is 4.79 Å². The van der Waals surface area contributed by atoms with Gasteiger partial charge in [-0.05, 0) is 35.2 Å². The van der Waals surface area contributed by atoms with Crippen LogP contribution >= 0.6 is 0 Å². The van der Waals surface area contributed by atoms with E-state index in [1.807, 2.05) is 54.6 Å². The van der Waals surface area contributed by atoms with Crippen LogP contribution < -0.4 is 15.4 Å². The van der Waals surface area contributed by atoms with E-state index < -0.39 is 0 Å². The predicted octanol–water partition coefficient (Wildman–Crippen LogP) is 4.74. The Bertz CT molecular complexity index is 1040. The standard InChI is InChI=1S/C24H25N3O2/c1-24(2,3)19-11-13-20(14-12-19)27-23(28)26-15-4-5-17-29-21-10-6-8-18-9-7-16-25-22(18)21/h6-14,16H,15,17H2,1-3H3,(H2,26,27,28). The summed E-state index contributed by atoms with van der Waals surface area (Å²) in [5.74, 6) is 6.48. The SMILES string of the molecule is CC(C)(C)c1ccc(NC(=O)NCC#CCOc2cccc3cccnc23)cc1. The van der Waals surface area contributed by atoms with Crippen LogP contribution in [0.3, 0.4) is 0 Å². The molecular weight excluding hydrogens is 362 g/mol. The third-order valence-corrected chi connectivity index (χ3v) is 4.37. The van der Waals surface area contributed by atoms with Gasteiger partial charge in [-0.3, -0.25) is 4.98 Å². The molecule has 0 radical (unpaired) electrons. The minimum atomic E-state index is -0.290. The van der Waals surface area contributed by atoms with Crippen LogP contribution in [0.15, 0.2) is 60.8 Å². The molecule has 148 valence electrons. The van der Waals surface area contributed by atoms with Crippen molar-refractivity contribution in [1.29, 1.82) is 0 Å².